The lowest BCUT2D eigenvalue weighted by molar-refractivity contribution is 0.414. The van der Waals surface area contributed by atoms with E-state index in [1.165, 1.54) is 22.4 Å². The normalized spacial score (nSPS) is 12.8. The molecular weight excluding hydrogens is 260 g/mol. The van der Waals surface area contributed by atoms with Gasteiger partial charge in [0.15, 0.2) is 0 Å². The molecule has 3 rings (SSSR count). The SMILES string of the molecule is COc1cccc(CCNCc2cccc3c2NCC3)c1. The first-order valence-corrected chi connectivity index (χ1v) is 7.55. The van der Waals surface area contributed by atoms with E-state index in [0.717, 1.165) is 38.2 Å². The van der Waals surface area contributed by atoms with Crippen LogP contribution in [0.1, 0.15) is 16.7 Å². The predicted octanol–water partition coefficient (Wildman–Crippen LogP) is 3.00. The van der Waals surface area contributed by atoms with E-state index in [9.17, 15) is 0 Å². The Hall–Kier alpha value is -2.00. The van der Waals surface area contributed by atoms with Crippen molar-refractivity contribution in [3.8, 4) is 5.75 Å². The predicted molar refractivity (Wildman–Crippen MR) is 87.0 cm³/mol. The zero-order chi connectivity index (χ0) is 14.5. The summed E-state index contributed by atoms with van der Waals surface area (Å²) < 4.78 is 5.25. The van der Waals surface area contributed by atoms with Crippen LogP contribution in [0.5, 0.6) is 5.75 Å². The maximum atomic E-state index is 5.25. The summed E-state index contributed by atoms with van der Waals surface area (Å²) in [6.07, 6.45) is 2.16. The molecule has 2 aromatic carbocycles. The standard InChI is InChI=1S/C18H22N2O/c1-21-17-7-2-4-14(12-17)8-10-19-13-16-6-3-5-15-9-11-20-18(15)16/h2-7,12,19-20H,8-11,13H2,1H3. The Morgan fingerprint density at radius 2 is 2.10 bits per heavy atom. The van der Waals surface area contributed by atoms with E-state index in [2.05, 4.69) is 41.0 Å². The van der Waals surface area contributed by atoms with Gasteiger partial charge in [0.25, 0.3) is 0 Å². The van der Waals surface area contributed by atoms with Gasteiger partial charge in [0.2, 0.25) is 0 Å². The fraction of sp³-hybridized carbons (Fsp3) is 0.333. The molecule has 0 saturated heterocycles. The largest absolute Gasteiger partial charge is 0.497 e. The van der Waals surface area contributed by atoms with Crippen LogP contribution >= 0.6 is 0 Å². The summed E-state index contributed by atoms with van der Waals surface area (Å²) in [4.78, 5) is 0. The van der Waals surface area contributed by atoms with Crippen molar-refractivity contribution in [3.05, 3.63) is 59.2 Å². The van der Waals surface area contributed by atoms with E-state index in [-0.39, 0.29) is 0 Å². The number of hydrogen-bond donors (Lipinski definition) is 2. The first kappa shape index (κ1) is 14.0. The molecule has 0 aromatic heterocycles. The molecule has 1 heterocycles. The lowest BCUT2D eigenvalue weighted by Crippen LogP contribution is -2.17. The Morgan fingerprint density at radius 1 is 1.19 bits per heavy atom. The summed E-state index contributed by atoms with van der Waals surface area (Å²) in [5, 5.41) is 7.02. The molecule has 3 nitrogen and oxygen atoms in total. The topological polar surface area (TPSA) is 33.3 Å². The number of fused-ring (bicyclic) bond motifs is 1. The molecule has 0 fully saturated rings. The highest BCUT2D eigenvalue weighted by molar-refractivity contribution is 5.61. The van der Waals surface area contributed by atoms with Gasteiger partial charge in [-0.05, 0) is 48.2 Å². The third-order valence-corrected chi connectivity index (χ3v) is 3.97. The number of ether oxygens (including phenoxy) is 1. The molecule has 0 unspecified atom stereocenters. The molecule has 2 aromatic rings. The van der Waals surface area contributed by atoms with Crippen LogP contribution in [0, 0.1) is 0 Å². The highest BCUT2D eigenvalue weighted by atomic mass is 16.5. The molecule has 1 aliphatic heterocycles. The summed E-state index contributed by atoms with van der Waals surface area (Å²) in [6.45, 7) is 2.95. The van der Waals surface area contributed by atoms with Gasteiger partial charge in [-0.3, -0.25) is 0 Å². The Kier molecular flexibility index (Phi) is 4.41. The van der Waals surface area contributed by atoms with E-state index in [1.54, 1.807) is 7.11 Å². The Labute approximate surface area is 126 Å². The number of benzene rings is 2. The molecule has 0 aliphatic carbocycles. The minimum absolute atomic E-state index is 0.917. The Bertz CT molecular complexity index is 610. The second-order valence-electron chi connectivity index (χ2n) is 5.41. The summed E-state index contributed by atoms with van der Waals surface area (Å²) in [5.41, 5.74) is 5.46. The molecule has 0 bridgehead atoms. The first-order chi connectivity index (χ1) is 10.4. The molecule has 0 spiro atoms. The van der Waals surface area contributed by atoms with Crippen LogP contribution in [-0.4, -0.2) is 20.2 Å². The third-order valence-electron chi connectivity index (χ3n) is 3.97. The molecule has 0 saturated carbocycles. The fourth-order valence-corrected chi connectivity index (χ4v) is 2.84. The highest BCUT2D eigenvalue weighted by Crippen LogP contribution is 2.26. The molecular formula is C18H22N2O. The molecule has 2 N–H and O–H groups in total. The first-order valence-electron chi connectivity index (χ1n) is 7.55. The van der Waals surface area contributed by atoms with E-state index < -0.39 is 0 Å². The summed E-state index contributed by atoms with van der Waals surface area (Å²) in [6, 6.07) is 14.9. The Balaban J connectivity index is 1.51. The number of hydrogen-bond acceptors (Lipinski definition) is 3. The summed E-state index contributed by atoms with van der Waals surface area (Å²) >= 11 is 0. The number of para-hydroxylation sites is 1. The molecule has 110 valence electrons. The summed E-state index contributed by atoms with van der Waals surface area (Å²) in [5.74, 6) is 0.928. The average Bonchev–Trinajstić information content (AvgIpc) is 3.01. The maximum absolute atomic E-state index is 5.25. The second kappa shape index (κ2) is 6.64. The monoisotopic (exact) mass is 282 g/mol. The van der Waals surface area contributed by atoms with Crippen molar-refractivity contribution >= 4 is 5.69 Å². The van der Waals surface area contributed by atoms with Crippen LogP contribution in [0.25, 0.3) is 0 Å². The van der Waals surface area contributed by atoms with Crippen molar-refractivity contribution in [1.29, 1.82) is 0 Å². The van der Waals surface area contributed by atoms with Crippen LogP contribution in [-0.2, 0) is 19.4 Å². The van der Waals surface area contributed by atoms with Crippen molar-refractivity contribution in [1.82, 2.24) is 5.32 Å². The molecule has 0 amide bonds. The molecule has 21 heavy (non-hydrogen) atoms. The third kappa shape index (κ3) is 3.37. The van der Waals surface area contributed by atoms with Crippen LogP contribution in [0.3, 0.4) is 0 Å². The minimum Gasteiger partial charge on any atom is -0.497 e. The van der Waals surface area contributed by atoms with Crippen molar-refractivity contribution in [2.45, 2.75) is 19.4 Å². The minimum atomic E-state index is 0.917. The average molecular weight is 282 g/mol. The smallest absolute Gasteiger partial charge is 0.119 e. The van der Waals surface area contributed by atoms with Crippen LogP contribution < -0.4 is 15.4 Å². The fourth-order valence-electron chi connectivity index (χ4n) is 2.84. The molecule has 1 aliphatic rings. The van der Waals surface area contributed by atoms with E-state index in [0.29, 0.717) is 0 Å². The van der Waals surface area contributed by atoms with Crippen molar-refractivity contribution in [2.75, 3.05) is 25.5 Å². The lowest BCUT2D eigenvalue weighted by atomic mass is 10.1. The Morgan fingerprint density at radius 3 is 3.00 bits per heavy atom. The van der Waals surface area contributed by atoms with Gasteiger partial charge in [0, 0.05) is 18.8 Å². The van der Waals surface area contributed by atoms with Gasteiger partial charge in [-0.2, -0.15) is 0 Å². The number of anilines is 1. The van der Waals surface area contributed by atoms with Gasteiger partial charge in [-0.15, -0.1) is 0 Å². The van der Waals surface area contributed by atoms with Crippen molar-refractivity contribution in [2.24, 2.45) is 0 Å². The number of nitrogens with one attached hydrogen (secondary N) is 2. The van der Waals surface area contributed by atoms with E-state index in [4.69, 9.17) is 4.74 Å². The van der Waals surface area contributed by atoms with Crippen molar-refractivity contribution in [3.63, 3.8) is 0 Å². The van der Waals surface area contributed by atoms with Gasteiger partial charge in [-0.1, -0.05) is 30.3 Å². The second-order valence-corrected chi connectivity index (χ2v) is 5.41. The van der Waals surface area contributed by atoms with Crippen LogP contribution in [0.15, 0.2) is 42.5 Å². The van der Waals surface area contributed by atoms with Crippen LogP contribution in [0.4, 0.5) is 5.69 Å². The van der Waals surface area contributed by atoms with Gasteiger partial charge in [0.05, 0.1) is 7.11 Å². The van der Waals surface area contributed by atoms with E-state index >= 15 is 0 Å². The van der Waals surface area contributed by atoms with E-state index in [1.807, 2.05) is 12.1 Å². The highest BCUT2D eigenvalue weighted by Gasteiger charge is 2.12. The number of rotatable bonds is 6. The quantitative estimate of drug-likeness (QED) is 0.799. The van der Waals surface area contributed by atoms with Gasteiger partial charge in [0.1, 0.15) is 5.75 Å². The van der Waals surface area contributed by atoms with Crippen LogP contribution in [0.2, 0.25) is 0 Å². The zero-order valence-corrected chi connectivity index (χ0v) is 12.5. The lowest BCUT2D eigenvalue weighted by Gasteiger charge is -2.10. The number of methoxy groups -OCH3 is 1. The van der Waals surface area contributed by atoms with Gasteiger partial charge >= 0.3 is 0 Å². The van der Waals surface area contributed by atoms with Crippen molar-refractivity contribution < 1.29 is 4.74 Å². The van der Waals surface area contributed by atoms with Gasteiger partial charge in [-0.25, -0.2) is 0 Å². The molecule has 0 radical (unpaired) electrons. The zero-order valence-electron chi connectivity index (χ0n) is 12.5. The molecule has 3 heteroatoms. The summed E-state index contributed by atoms with van der Waals surface area (Å²) in [7, 11) is 1.71. The van der Waals surface area contributed by atoms with Gasteiger partial charge < -0.3 is 15.4 Å². The molecule has 0 atom stereocenters. The maximum Gasteiger partial charge on any atom is 0.119 e.